The van der Waals surface area contributed by atoms with E-state index in [0.29, 0.717) is 5.02 Å². The molecule has 2 aromatic rings. The van der Waals surface area contributed by atoms with Crippen LogP contribution in [0.25, 0.3) is 0 Å². The Bertz CT molecular complexity index is 868. The number of phenolic OH excluding ortho intramolecular Hbond substituents is 1. The van der Waals surface area contributed by atoms with Crippen molar-refractivity contribution >= 4 is 17.3 Å². The van der Waals surface area contributed by atoms with Crippen molar-refractivity contribution in [3.05, 3.63) is 67.7 Å². The number of rotatable bonds is 1. The number of nitro benzene ring substituents is 1. The highest BCUT2D eigenvalue weighted by atomic mass is 35.5. The molecule has 1 heterocycles. The second-order valence-electron chi connectivity index (χ2n) is 6.96. The number of non-ortho nitro benzene ring substituents is 1. The summed E-state index contributed by atoms with van der Waals surface area (Å²) in [5, 5.41) is 21.8. The number of halogens is 1. The zero-order valence-electron chi connectivity index (χ0n) is 13.9. The van der Waals surface area contributed by atoms with Crippen LogP contribution in [-0.2, 0) is 12.8 Å². The molecule has 0 bridgehead atoms. The lowest BCUT2D eigenvalue weighted by Crippen LogP contribution is -2.39. The average Bonchev–Trinajstić information content (AvgIpc) is 2.73. The van der Waals surface area contributed by atoms with E-state index in [1.807, 2.05) is 12.1 Å². The van der Waals surface area contributed by atoms with Gasteiger partial charge in [0.05, 0.1) is 9.95 Å². The van der Waals surface area contributed by atoms with Crippen LogP contribution < -0.4 is 0 Å². The summed E-state index contributed by atoms with van der Waals surface area (Å²) in [6.45, 7) is 0.902. The maximum atomic E-state index is 11.3. The van der Waals surface area contributed by atoms with Gasteiger partial charge in [0.2, 0.25) is 0 Å². The van der Waals surface area contributed by atoms with E-state index in [4.69, 9.17) is 11.6 Å². The Morgan fingerprint density at radius 2 is 1.96 bits per heavy atom. The fourth-order valence-corrected chi connectivity index (χ4v) is 4.51. The van der Waals surface area contributed by atoms with Crippen molar-refractivity contribution in [1.82, 2.24) is 4.90 Å². The molecule has 5 nitrogen and oxygen atoms in total. The molecule has 1 aliphatic carbocycles. The van der Waals surface area contributed by atoms with Gasteiger partial charge in [0.25, 0.3) is 5.69 Å². The van der Waals surface area contributed by atoms with E-state index < -0.39 is 0 Å². The fourth-order valence-electron chi connectivity index (χ4n) is 4.33. The molecule has 2 aliphatic rings. The minimum atomic E-state index is -0.343. The topological polar surface area (TPSA) is 66.6 Å². The lowest BCUT2D eigenvalue weighted by atomic mass is 9.74. The molecule has 6 heteroatoms. The molecule has 130 valence electrons. The summed E-state index contributed by atoms with van der Waals surface area (Å²) in [6.07, 6.45) is 2.76. The van der Waals surface area contributed by atoms with Gasteiger partial charge in [0.1, 0.15) is 5.75 Å². The summed E-state index contributed by atoms with van der Waals surface area (Å²) < 4.78 is 0. The maximum absolute atomic E-state index is 11.3. The summed E-state index contributed by atoms with van der Waals surface area (Å²) in [5.41, 5.74) is 4.43. The van der Waals surface area contributed by atoms with Crippen molar-refractivity contribution in [1.29, 1.82) is 0 Å². The van der Waals surface area contributed by atoms with E-state index in [9.17, 15) is 15.2 Å². The Kier molecular flexibility index (Phi) is 3.93. The molecular formula is C19H19ClN2O3. The Morgan fingerprint density at radius 1 is 1.20 bits per heavy atom. The van der Waals surface area contributed by atoms with Gasteiger partial charge in [0.15, 0.2) is 0 Å². The minimum Gasteiger partial charge on any atom is -0.506 e. The minimum absolute atomic E-state index is 0.00863. The summed E-state index contributed by atoms with van der Waals surface area (Å²) in [7, 11) is 2.10. The van der Waals surface area contributed by atoms with Gasteiger partial charge >= 0.3 is 0 Å². The van der Waals surface area contributed by atoms with Crippen molar-refractivity contribution in [3.63, 3.8) is 0 Å². The van der Waals surface area contributed by atoms with Gasteiger partial charge in [-0.05, 0) is 60.7 Å². The van der Waals surface area contributed by atoms with Crippen LogP contribution >= 0.6 is 11.6 Å². The van der Waals surface area contributed by atoms with Crippen LogP contribution in [0.2, 0.25) is 5.02 Å². The normalized spacial score (nSPS) is 22.5. The second-order valence-corrected chi connectivity index (χ2v) is 7.36. The number of likely N-dealkylation sites (N-methyl/N-ethyl adjacent to an activating group) is 1. The Morgan fingerprint density at radius 3 is 2.72 bits per heavy atom. The zero-order valence-corrected chi connectivity index (χ0v) is 14.7. The number of nitro groups is 1. The van der Waals surface area contributed by atoms with Gasteiger partial charge in [-0.15, -0.1) is 0 Å². The molecule has 1 N–H and O–H groups in total. The number of aromatic hydroxyl groups is 1. The first-order valence-electron chi connectivity index (χ1n) is 8.44. The van der Waals surface area contributed by atoms with Gasteiger partial charge in [-0.3, -0.25) is 10.1 Å². The first kappa shape index (κ1) is 16.4. The van der Waals surface area contributed by atoms with Crippen LogP contribution in [0.5, 0.6) is 5.75 Å². The van der Waals surface area contributed by atoms with Gasteiger partial charge in [-0.1, -0.05) is 17.7 Å². The number of benzene rings is 2. The highest BCUT2D eigenvalue weighted by molar-refractivity contribution is 6.32. The van der Waals surface area contributed by atoms with Crippen LogP contribution in [0.4, 0.5) is 5.69 Å². The number of fused-ring (bicyclic) bond motifs is 5. The third-order valence-corrected chi connectivity index (χ3v) is 5.92. The third kappa shape index (κ3) is 2.68. The van der Waals surface area contributed by atoms with Crippen molar-refractivity contribution in [2.75, 3.05) is 13.6 Å². The van der Waals surface area contributed by atoms with Gasteiger partial charge < -0.3 is 10.0 Å². The highest BCUT2D eigenvalue weighted by Gasteiger charge is 2.37. The van der Waals surface area contributed by atoms with E-state index in [1.54, 1.807) is 18.2 Å². The SMILES string of the molecule is CN1CCc2cc(Cl)c(O)cc2[C@H]2c3cc([N+](=O)[O-])ccc3CC[C@@H]21. The number of hydrogen-bond donors (Lipinski definition) is 1. The van der Waals surface area contributed by atoms with Crippen molar-refractivity contribution in [3.8, 4) is 5.75 Å². The smallest absolute Gasteiger partial charge is 0.269 e. The van der Waals surface area contributed by atoms with Crippen LogP contribution in [0.3, 0.4) is 0 Å². The third-order valence-electron chi connectivity index (χ3n) is 5.61. The lowest BCUT2D eigenvalue weighted by molar-refractivity contribution is -0.385. The van der Waals surface area contributed by atoms with Gasteiger partial charge in [0, 0.05) is 30.6 Å². The highest BCUT2D eigenvalue weighted by Crippen LogP contribution is 2.45. The Balaban J connectivity index is 1.95. The molecule has 0 fully saturated rings. The Labute approximate surface area is 151 Å². The van der Waals surface area contributed by atoms with E-state index in [0.717, 1.165) is 48.1 Å². The van der Waals surface area contributed by atoms with E-state index in [-0.39, 0.29) is 28.3 Å². The lowest BCUT2D eigenvalue weighted by Gasteiger charge is -2.38. The Hall–Kier alpha value is -2.11. The largest absolute Gasteiger partial charge is 0.506 e. The maximum Gasteiger partial charge on any atom is 0.269 e. The monoisotopic (exact) mass is 358 g/mol. The number of hydrogen-bond acceptors (Lipinski definition) is 4. The number of nitrogens with zero attached hydrogens (tertiary/aromatic N) is 2. The molecule has 0 saturated carbocycles. The van der Waals surface area contributed by atoms with E-state index in [1.165, 1.54) is 0 Å². The number of aryl methyl sites for hydroxylation is 1. The molecule has 2 aromatic carbocycles. The van der Waals surface area contributed by atoms with Gasteiger partial charge in [-0.25, -0.2) is 0 Å². The molecule has 2 atom stereocenters. The first-order valence-corrected chi connectivity index (χ1v) is 8.82. The standard InChI is InChI=1S/C19H19ClN2O3/c1-21-7-6-12-8-16(20)18(23)10-15(12)19-14-9-13(22(24)25)4-2-11(14)3-5-17(19)21/h2,4,8-10,17,19,23H,3,5-7H2,1H3/t17-,19+/m0/s1. The molecule has 25 heavy (non-hydrogen) atoms. The average molecular weight is 359 g/mol. The molecular weight excluding hydrogens is 340 g/mol. The molecule has 4 rings (SSSR count). The van der Waals surface area contributed by atoms with Gasteiger partial charge in [-0.2, -0.15) is 0 Å². The quantitative estimate of drug-likeness (QED) is 0.620. The second kappa shape index (κ2) is 6.00. The predicted molar refractivity (Wildman–Crippen MR) is 96.5 cm³/mol. The molecule has 0 radical (unpaired) electrons. The van der Waals surface area contributed by atoms with Crippen molar-refractivity contribution < 1.29 is 10.0 Å². The molecule has 1 aliphatic heterocycles. The molecule has 0 saturated heterocycles. The first-order chi connectivity index (χ1) is 12.0. The van der Waals surface area contributed by atoms with Crippen LogP contribution in [0.15, 0.2) is 30.3 Å². The molecule has 0 spiro atoms. The van der Waals surface area contributed by atoms with E-state index >= 15 is 0 Å². The summed E-state index contributed by atoms with van der Waals surface area (Å²) in [5.74, 6) is 0.0793. The summed E-state index contributed by atoms with van der Waals surface area (Å²) in [6, 6.07) is 9.03. The van der Waals surface area contributed by atoms with Crippen molar-refractivity contribution in [2.45, 2.75) is 31.2 Å². The van der Waals surface area contributed by atoms with E-state index in [2.05, 4.69) is 11.9 Å². The zero-order chi connectivity index (χ0) is 17.7. The fraction of sp³-hybridized carbons (Fsp3) is 0.368. The van der Waals surface area contributed by atoms with Crippen LogP contribution in [-0.4, -0.2) is 34.6 Å². The molecule has 0 aromatic heterocycles. The molecule has 0 amide bonds. The predicted octanol–water partition coefficient (Wildman–Crippen LogP) is 3.89. The summed E-state index contributed by atoms with van der Waals surface area (Å²) in [4.78, 5) is 13.2. The summed E-state index contributed by atoms with van der Waals surface area (Å²) >= 11 is 6.12. The van der Waals surface area contributed by atoms with Crippen molar-refractivity contribution in [2.24, 2.45) is 0 Å². The molecule has 0 unspecified atom stereocenters. The van der Waals surface area contributed by atoms with Crippen LogP contribution in [0, 0.1) is 10.1 Å². The van der Waals surface area contributed by atoms with Crippen LogP contribution in [0.1, 0.15) is 34.6 Å². The number of phenols is 1.